The Balaban J connectivity index is 2.00. The van der Waals surface area contributed by atoms with E-state index in [0.29, 0.717) is 12.7 Å². The number of rotatable bonds is 6. The van der Waals surface area contributed by atoms with Gasteiger partial charge < -0.3 is 14.8 Å². The normalized spacial score (nSPS) is 22.1. The molecule has 0 radical (unpaired) electrons. The highest BCUT2D eigenvalue weighted by Gasteiger charge is 2.15. The third-order valence-electron chi connectivity index (χ3n) is 2.04. The van der Waals surface area contributed by atoms with E-state index in [1.807, 2.05) is 0 Å². The molecule has 0 saturated carbocycles. The molecule has 1 saturated heterocycles. The lowest BCUT2D eigenvalue weighted by Gasteiger charge is -2.11. The second kappa shape index (κ2) is 6.13. The van der Waals surface area contributed by atoms with Crippen LogP contribution in [0.5, 0.6) is 0 Å². The fourth-order valence-corrected chi connectivity index (χ4v) is 1.23. The Morgan fingerprint density at radius 2 is 2.54 bits per heavy atom. The van der Waals surface area contributed by atoms with Crippen molar-refractivity contribution in [1.82, 2.24) is 5.32 Å². The van der Waals surface area contributed by atoms with Crippen LogP contribution >= 0.6 is 0 Å². The number of ether oxygens (including phenoxy) is 2. The van der Waals surface area contributed by atoms with Crippen LogP contribution in [0.15, 0.2) is 12.2 Å². The van der Waals surface area contributed by atoms with Gasteiger partial charge in [-0.15, -0.1) is 0 Å². The molecule has 1 fully saturated rings. The van der Waals surface area contributed by atoms with Crippen LogP contribution in [0.2, 0.25) is 0 Å². The minimum atomic E-state index is 0.290. The molecule has 3 nitrogen and oxygen atoms in total. The van der Waals surface area contributed by atoms with Crippen molar-refractivity contribution in [2.75, 3.05) is 32.9 Å². The minimum absolute atomic E-state index is 0.290. The highest BCUT2D eigenvalue weighted by Crippen LogP contribution is 2.08. The molecule has 3 heteroatoms. The van der Waals surface area contributed by atoms with Gasteiger partial charge in [-0.3, -0.25) is 0 Å². The summed E-state index contributed by atoms with van der Waals surface area (Å²) in [5.74, 6) is 0. The quantitative estimate of drug-likeness (QED) is 0.625. The Bertz CT molecular complexity index is 153. The molecule has 1 N–H and O–H groups in total. The lowest BCUT2D eigenvalue weighted by atomic mass is 10.3. The first kappa shape index (κ1) is 10.7. The predicted molar refractivity (Wildman–Crippen MR) is 52.9 cm³/mol. The minimum Gasteiger partial charge on any atom is -0.379 e. The molecular weight excluding hydrogens is 166 g/mol. The van der Waals surface area contributed by atoms with Crippen molar-refractivity contribution < 1.29 is 9.47 Å². The van der Waals surface area contributed by atoms with Crippen LogP contribution in [0.3, 0.4) is 0 Å². The van der Waals surface area contributed by atoms with Crippen LogP contribution in [0, 0.1) is 0 Å². The van der Waals surface area contributed by atoms with E-state index in [9.17, 15) is 0 Å². The summed E-state index contributed by atoms with van der Waals surface area (Å²) in [5.41, 5.74) is 1.11. The lowest BCUT2D eigenvalue weighted by Crippen LogP contribution is -2.21. The summed E-state index contributed by atoms with van der Waals surface area (Å²) in [6.07, 6.45) is 1.31. The molecule has 1 aliphatic heterocycles. The van der Waals surface area contributed by atoms with Gasteiger partial charge in [0.1, 0.15) is 0 Å². The average molecular weight is 185 g/mol. The Kier molecular flexibility index (Phi) is 5.05. The summed E-state index contributed by atoms with van der Waals surface area (Å²) in [5, 5.41) is 3.21. The SMILES string of the molecule is C=C(CNCC)COC1CCOC1. The van der Waals surface area contributed by atoms with Gasteiger partial charge in [-0.1, -0.05) is 13.5 Å². The number of hydrogen-bond acceptors (Lipinski definition) is 3. The molecule has 76 valence electrons. The van der Waals surface area contributed by atoms with E-state index in [1.54, 1.807) is 0 Å². The van der Waals surface area contributed by atoms with Gasteiger partial charge in [0.15, 0.2) is 0 Å². The van der Waals surface area contributed by atoms with Crippen LogP contribution in [0.4, 0.5) is 0 Å². The van der Waals surface area contributed by atoms with Gasteiger partial charge in [-0.2, -0.15) is 0 Å². The molecule has 1 atom stereocenters. The molecular formula is C10H19NO2. The molecule has 0 aromatic rings. The Morgan fingerprint density at radius 1 is 1.69 bits per heavy atom. The zero-order chi connectivity index (χ0) is 9.52. The van der Waals surface area contributed by atoms with Gasteiger partial charge in [-0.25, -0.2) is 0 Å². The highest BCUT2D eigenvalue weighted by molar-refractivity contribution is 4.96. The fraction of sp³-hybridized carbons (Fsp3) is 0.800. The second-order valence-electron chi connectivity index (χ2n) is 3.33. The van der Waals surface area contributed by atoms with Gasteiger partial charge in [0.25, 0.3) is 0 Å². The molecule has 0 aromatic heterocycles. The van der Waals surface area contributed by atoms with Crippen molar-refractivity contribution in [3.8, 4) is 0 Å². The first-order valence-corrected chi connectivity index (χ1v) is 4.89. The summed E-state index contributed by atoms with van der Waals surface area (Å²) in [4.78, 5) is 0. The van der Waals surface area contributed by atoms with Crippen molar-refractivity contribution in [1.29, 1.82) is 0 Å². The Hall–Kier alpha value is -0.380. The monoisotopic (exact) mass is 185 g/mol. The van der Waals surface area contributed by atoms with Crippen LogP contribution in [0.25, 0.3) is 0 Å². The Labute approximate surface area is 80.1 Å². The number of nitrogens with one attached hydrogen (secondary N) is 1. The number of hydrogen-bond donors (Lipinski definition) is 1. The van der Waals surface area contributed by atoms with Gasteiger partial charge in [0.2, 0.25) is 0 Å². The topological polar surface area (TPSA) is 30.5 Å². The predicted octanol–water partition coefficient (Wildman–Crippen LogP) is 0.958. The van der Waals surface area contributed by atoms with E-state index in [1.165, 1.54) is 0 Å². The summed E-state index contributed by atoms with van der Waals surface area (Å²) in [7, 11) is 0. The summed E-state index contributed by atoms with van der Waals surface area (Å²) in [6.45, 7) is 10.1. The molecule has 1 heterocycles. The molecule has 0 aromatic carbocycles. The summed E-state index contributed by atoms with van der Waals surface area (Å²) >= 11 is 0. The van der Waals surface area contributed by atoms with Crippen molar-refractivity contribution in [2.45, 2.75) is 19.4 Å². The maximum Gasteiger partial charge on any atom is 0.0834 e. The van der Waals surface area contributed by atoms with Gasteiger partial charge in [-0.05, 0) is 18.5 Å². The number of likely N-dealkylation sites (N-methyl/N-ethyl adjacent to an activating group) is 1. The van der Waals surface area contributed by atoms with E-state index >= 15 is 0 Å². The van der Waals surface area contributed by atoms with Crippen LogP contribution in [0.1, 0.15) is 13.3 Å². The molecule has 1 unspecified atom stereocenters. The van der Waals surface area contributed by atoms with Crippen molar-refractivity contribution in [3.05, 3.63) is 12.2 Å². The zero-order valence-corrected chi connectivity index (χ0v) is 8.34. The van der Waals surface area contributed by atoms with E-state index in [4.69, 9.17) is 9.47 Å². The van der Waals surface area contributed by atoms with E-state index in [2.05, 4.69) is 18.8 Å². The van der Waals surface area contributed by atoms with E-state index < -0.39 is 0 Å². The average Bonchev–Trinajstić information content (AvgIpc) is 2.64. The zero-order valence-electron chi connectivity index (χ0n) is 8.34. The molecule has 0 bridgehead atoms. The standard InChI is InChI=1S/C10H19NO2/c1-3-11-6-9(2)7-13-10-4-5-12-8-10/h10-11H,2-8H2,1H3. The van der Waals surface area contributed by atoms with Gasteiger partial charge in [0.05, 0.1) is 19.3 Å². The first-order chi connectivity index (χ1) is 6.33. The maximum absolute atomic E-state index is 5.60. The third kappa shape index (κ3) is 4.41. The highest BCUT2D eigenvalue weighted by atomic mass is 16.5. The summed E-state index contributed by atoms with van der Waals surface area (Å²) in [6, 6.07) is 0. The van der Waals surface area contributed by atoms with E-state index in [-0.39, 0.29) is 0 Å². The Morgan fingerprint density at radius 3 is 3.15 bits per heavy atom. The van der Waals surface area contributed by atoms with Crippen molar-refractivity contribution in [2.24, 2.45) is 0 Å². The molecule has 1 aliphatic rings. The van der Waals surface area contributed by atoms with E-state index in [0.717, 1.165) is 38.3 Å². The van der Waals surface area contributed by atoms with Crippen LogP contribution < -0.4 is 5.32 Å². The molecule has 0 amide bonds. The smallest absolute Gasteiger partial charge is 0.0834 e. The maximum atomic E-state index is 5.60. The van der Waals surface area contributed by atoms with Crippen molar-refractivity contribution >= 4 is 0 Å². The molecule has 1 rings (SSSR count). The van der Waals surface area contributed by atoms with Gasteiger partial charge in [0, 0.05) is 13.2 Å². The van der Waals surface area contributed by atoms with Crippen LogP contribution in [-0.2, 0) is 9.47 Å². The van der Waals surface area contributed by atoms with Crippen molar-refractivity contribution in [3.63, 3.8) is 0 Å². The first-order valence-electron chi connectivity index (χ1n) is 4.89. The molecule has 0 aliphatic carbocycles. The van der Waals surface area contributed by atoms with Gasteiger partial charge >= 0.3 is 0 Å². The second-order valence-corrected chi connectivity index (χ2v) is 3.33. The molecule has 0 spiro atoms. The fourth-order valence-electron chi connectivity index (χ4n) is 1.23. The lowest BCUT2D eigenvalue weighted by molar-refractivity contribution is 0.0560. The summed E-state index contributed by atoms with van der Waals surface area (Å²) < 4.78 is 10.8. The molecule has 13 heavy (non-hydrogen) atoms. The third-order valence-corrected chi connectivity index (χ3v) is 2.04. The largest absolute Gasteiger partial charge is 0.379 e. The van der Waals surface area contributed by atoms with Crippen LogP contribution in [-0.4, -0.2) is 39.0 Å².